The maximum atomic E-state index is 11.0. The van der Waals surface area contributed by atoms with E-state index < -0.39 is 48.7 Å². The lowest BCUT2D eigenvalue weighted by Crippen LogP contribution is -2.49. The van der Waals surface area contributed by atoms with Gasteiger partial charge in [0.2, 0.25) is 0 Å². The second-order valence-electron chi connectivity index (χ2n) is 3.69. The number of hydrogen-bond acceptors (Lipinski definition) is 6. The van der Waals surface area contributed by atoms with E-state index in [0.717, 1.165) is 6.92 Å². The molecule has 0 fully saturated rings. The first-order valence-corrected chi connectivity index (χ1v) is 4.81. The van der Waals surface area contributed by atoms with Crippen molar-refractivity contribution in [1.82, 2.24) is 0 Å². The highest BCUT2D eigenvalue weighted by molar-refractivity contribution is 5.88. The normalized spacial score (nSPS) is 14.8. The van der Waals surface area contributed by atoms with E-state index in [1.165, 1.54) is 0 Å². The van der Waals surface area contributed by atoms with Crippen LogP contribution >= 0.6 is 0 Å². The van der Waals surface area contributed by atoms with Crippen molar-refractivity contribution in [2.75, 3.05) is 0 Å². The molecule has 0 amide bonds. The quantitative estimate of drug-likeness (QED) is 0.328. The van der Waals surface area contributed by atoms with Crippen LogP contribution in [0.4, 0.5) is 0 Å². The van der Waals surface area contributed by atoms with Gasteiger partial charge in [0.1, 0.15) is 6.10 Å². The third kappa shape index (κ3) is 4.65. The molecule has 0 aromatic rings. The van der Waals surface area contributed by atoms with Gasteiger partial charge in [0, 0.05) is 0 Å². The van der Waals surface area contributed by atoms with Gasteiger partial charge >= 0.3 is 17.9 Å². The van der Waals surface area contributed by atoms with Crippen molar-refractivity contribution in [1.29, 1.82) is 0 Å². The summed E-state index contributed by atoms with van der Waals surface area (Å²) in [6, 6.07) is 0. The SMILES string of the molecule is CC(O)C(O)OC(CC(=O)O)(CC(=O)O)C(=O)O. The fraction of sp³-hybridized carbons (Fsp3) is 0.667. The molecule has 104 valence electrons. The Morgan fingerprint density at radius 2 is 1.44 bits per heavy atom. The number of aliphatic carboxylic acids is 3. The Balaban J connectivity index is 5.24. The van der Waals surface area contributed by atoms with Gasteiger partial charge in [-0.1, -0.05) is 0 Å². The molecule has 18 heavy (non-hydrogen) atoms. The van der Waals surface area contributed by atoms with Crippen LogP contribution in [0.5, 0.6) is 0 Å². The van der Waals surface area contributed by atoms with E-state index in [4.69, 9.17) is 20.4 Å². The van der Waals surface area contributed by atoms with Gasteiger partial charge in [-0.05, 0) is 6.92 Å². The van der Waals surface area contributed by atoms with Crippen molar-refractivity contribution in [3.8, 4) is 0 Å². The first kappa shape index (κ1) is 16.3. The Kier molecular flexibility index (Phi) is 5.69. The Morgan fingerprint density at radius 3 is 1.67 bits per heavy atom. The number of aliphatic hydroxyl groups is 2. The Morgan fingerprint density at radius 1 is 1.06 bits per heavy atom. The number of hydrogen-bond donors (Lipinski definition) is 5. The minimum Gasteiger partial charge on any atom is -0.481 e. The molecule has 0 aliphatic heterocycles. The summed E-state index contributed by atoms with van der Waals surface area (Å²) in [6.45, 7) is 1.07. The lowest BCUT2D eigenvalue weighted by Gasteiger charge is -2.30. The topological polar surface area (TPSA) is 162 Å². The largest absolute Gasteiger partial charge is 0.481 e. The standard InChI is InChI=1S/C9H14O9/c1-4(10)7(15)18-9(8(16)17,2-5(11)12)3-6(13)14/h4,7,10,15H,2-3H2,1H3,(H,11,12)(H,13,14)(H,16,17). The highest BCUT2D eigenvalue weighted by Gasteiger charge is 2.46. The lowest BCUT2D eigenvalue weighted by atomic mass is 9.95. The van der Waals surface area contributed by atoms with Gasteiger partial charge in [-0.15, -0.1) is 0 Å². The average molecular weight is 266 g/mol. The van der Waals surface area contributed by atoms with Crippen molar-refractivity contribution in [2.45, 2.75) is 37.8 Å². The first-order valence-electron chi connectivity index (χ1n) is 4.81. The van der Waals surface area contributed by atoms with Gasteiger partial charge in [0.25, 0.3) is 0 Å². The van der Waals surface area contributed by atoms with E-state index in [9.17, 15) is 19.5 Å². The van der Waals surface area contributed by atoms with Gasteiger partial charge in [-0.3, -0.25) is 9.59 Å². The van der Waals surface area contributed by atoms with Crippen LogP contribution in [-0.4, -0.2) is 61.4 Å². The number of ether oxygens (including phenoxy) is 1. The molecule has 0 aromatic heterocycles. The zero-order chi connectivity index (χ0) is 14.5. The van der Waals surface area contributed by atoms with Crippen LogP contribution in [0.2, 0.25) is 0 Å². The molecule has 0 heterocycles. The van der Waals surface area contributed by atoms with Crippen molar-refractivity contribution >= 4 is 17.9 Å². The fourth-order valence-electron chi connectivity index (χ4n) is 1.17. The third-order valence-electron chi connectivity index (χ3n) is 2.02. The van der Waals surface area contributed by atoms with Gasteiger partial charge < -0.3 is 30.3 Å². The number of rotatable bonds is 8. The van der Waals surface area contributed by atoms with Gasteiger partial charge in [-0.2, -0.15) is 0 Å². The van der Waals surface area contributed by atoms with E-state index >= 15 is 0 Å². The molecule has 0 aliphatic rings. The molecule has 5 N–H and O–H groups in total. The highest BCUT2D eigenvalue weighted by atomic mass is 16.6. The highest BCUT2D eigenvalue weighted by Crippen LogP contribution is 2.24. The number of carboxylic acids is 3. The van der Waals surface area contributed by atoms with Gasteiger partial charge in [0.05, 0.1) is 12.8 Å². The molecule has 0 aliphatic carbocycles. The number of carboxylic acid groups (broad SMARTS) is 3. The smallest absolute Gasteiger partial charge is 0.337 e. The van der Waals surface area contributed by atoms with Crippen molar-refractivity contribution in [2.24, 2.45) is 0 Å². The van der Waals surface area contributed by atoms with E-state index in [0.29, 0.717) is 0 Å². The molecule has 9 nitrogen and oxygen atoms in total. The summed E-state index contributed by atoms with van der Waals surface area (Å²) in [6.07, 6.45) is -5.86. The van der Waals surface area contributed by atoms with Crippen LogP contribution in [-0.2, 0) is 19.1 Å². The zero-order valence-electron chi connectivity index (χ0n) is 9.44. The van der Waals surface area contributed by atoms with Crippen LogP contribution in [0.15, 0.2) is 0 Å². The Labute approximate surface area is 101 Å². The number of aliphatic hydroxyl groups excluding tert-OH is 2. The first-order chi connectivity index (χ1) is 8.10. The van der Waals surface area contributed by atoms with Crippen LogP contribution in [0.25, 0.3) is 0 Å². The van der Waals surface area contributed by atoms with Crippen LogP contribution < -0.4 is 0 Å². The van der Waals surface area contributed by atoms with Gasteiger partial charge in [-0.25, -0.2) is 4.79 Å². The van der Waals surface area contributed by atoms with E-state index in [2.05, 4.69) is 4.74 Å². The zero-order valence-corrected chi connectivity index (χ0v) is 9.44. The molecule has 9 heteroatoms. The molecule has 0 saturated heterocycles. The molecule has 0 aromatic carbocycles. The minimum absolute atomic E-state index is 1.07. The van der Waals surface area contributed by atoms with Crippen molar-refractivity contribution < 1.29 is 44.7 Å². The summed E-state index contributed by atoms with van der Waals surface area (Å²) in [5.74, 6) is -5.08. The summed E-state index contributed by atoms with van der Waals surface area (Å²) in [5.41, 5.74) is -2.64. The van der Waals surface area contributed by atoms with Crippen molar-refractivity contribution in [3.63, 3.8) is 0 Å². The van der Waals surface area contributed by atoms with E-state index in [1.807, 2.05) is 0 Å². The average Bonchev–Trinajstić information content (AvgIpc) is 2.14. The predicted molar refractivity (Wildman–Crippen MR) is 53.6 cm³/mol. The molecule has 2 unspecified atom stereocenters. The van der Waals surface area contributed by atoms with Crippen LogP contribution in [0.3, 0.4) is 0 Å². The molecule has 0 radical (unpaired) electrons. The molecule has 2 atom stereocenters. The molecule has 0 rings (SSSR count). The molecular weight excluding hydrogens is 252 g/mol. The minimum atomic E-state index is -2.64. The predicted octanol–water partition coefficient (Wildman–Crippen LogP) is -1.52. The molecule has 0 bridgehead atoms. The third-order valence-corrected chi connectivity index (χ3v) is 2.02. The van der Waals surface area contributed by atoms with Gasteiger partial charge in [0.15, 0.2) is 11.9 Å². The fourth-order valence-corrected chi connectivity index (χ4v) is 1.17. The maximum Gasteiger partial charge on any atom is 0.337 e. The Hall–Kier alpha value is -1.71. The maximum absolute atomic E-state index is 11.0. The lowest BCUT2D eigenvalue weighted by molar-refractivity contribution is -0.234. The molecular formula is C9H14O9. The van der Waals surface area contributed by atoms with E-state index in [-0.39, 0.29) is 0 Å². The molecule has 0 saturated carbocycles. The molecule has 0 spiro atoms. The second-order valence-corrected chi connectivity index (χ2v) is 3.69. The monoisotopic (exact) mass is 266 g/mol. The summed E-state index contributed by atoms with van der Waals surface area (Å²) in [5, 5.41) is 44.3. The summed E-state index contributed by atoms with van der Waals surface area (Å²) in [4.78, 5) is 32.1. The summed E-state index contributed by atoms with van der Waals surface area (Å²) in [7, 11) is 0. The van der Waals surface area contributed by atoms with Crippen molar-refractivity contribution in [3.05, 3.63) is 0 Å². The second kappa shape index (κ2) is 6.28. The van der Waals surface area contributed by atoms with E-state index in [1.54, 1.807) is 0 Å². The van der Waals surface area contributed by atoms with Crippen LogP contribution in [0, 0.1) is 0 Å². The summed E-state index contributed by atoms with van der Waals surface area (Å²) < 4.78 is 4.53. The Bertz CT molecular complexity index is 319. The summed E-state index contributed by atoms with van der Waals surface area (Å²) >= 11 is 0. The van der Waals surface area contributed by atoms with Crippen LogP contribution in [0.1, 0.15) is 19.8 Å². The number of carbonyl (C=O) groups is 3.